The van der Waals surface area contributed by atoms with Crippen molar-refractivity contribution in [3.63, 3.8) is 0 Å². The highest BCUT2D eigenvalue weighted by Crippen LogP contribution is 2.16. The van der Waals surface area contributed by atoms with Crippen LogP contribution < -0.4 is 4.57 Å². The number of ketones is 1. The second kappa shape index (κ2) is 8.82. The van der Waals surface area contributed by atoms with Crippen LogP contribution >= 0.6 is 15.9 Å². The van der Waals surface area contributed by atoms with E-state index in [4.69, 9.17) is 12.6 Å². The lowest BCUT2D eigenvalue weighted by Gasteiger charge is -2.18. The molecule has 24 heavy (non-hydrogen) atoms. The first-order chi connectivity index (χ1) is 11.6. The van der Waals surface area contributed by atoms with Gasteiger partial charge in [-0.15, -0.1) is 6.58 Å². The predicted octanol–water partition coefficient (Wildman–Crippen LogP) is 2.78. The molecule has 0 fully saturated rings. The monoisotopic (exact) mass is 404 g/mol. The van der Waals surface area contributed by atoms with Crippen LogP contribution in [0, 0.1) is 0 Å². The Hall–Kier alpha value is -1.89. The van der Waals surface area contributed by atoms with E-state index in [-0.39, 0.29) is 17.4 Å². The molecule has 1 atom stereocenters. The molecule has 0 saturated carbocycles. The predicted molar refractivity (Wildman–Crippen MR) is 99.9 cm³/mol. The van der Waals surface area contributed by atoms with E-state index >= 15 is 0 Å². The molecular weight excluding hydrogens is 388 g/mol. The molecule has 1 aromatic carbocycles. The fraction of sp³-hybridized carbons (Fsp3) is 0.167. The molecule has 2 rings (SSSR count). The Labute approximate surface area is 155 Å². The molecule has 1 aromatic heterocycles. The minimum atomic E-state index is -0.743. The average molecular weight is 405 g/mol. The van der Waals surface area contributed by atoms with E-state index in [0.717, 1.165) is 4.47 Å². The molecule has 6 heteroatoms. The lowest BCUT2D eigenvalue weighted by Crippen LogP contribution is -2.48. The summed E-state index contributed by atoms with van der Waals surface area (Å²) in [5.74, 6) is -0.152. The van der Waals surface area contributed by atoms with E-state index < -0.39 is 6.04 Å². The van der Waals surface area contributed by atoms with Crippen LogP contribution in [-0.4, -0.2) is 22.5 Å². The van der Waals surface area contributed by atoms with Crippen molar-refractivity contribution in [2.75, 3.05) is 6.54 Å². The number of hydrogen-bond donors (Lipinski definition) is 1. The topological polar surface area (TPSA) is 53.5 Å². The Kier molecular flexibility index (Phi) is 6.78. The third-order valence-corrected chi connectivity index (χ3v) is 4.23. The molecular formula is C18H17BrN2O2S. The van der Waals surface area contributed by atoms with Crippen molar-refractivity contribution in [2.24, 2.45) is 4.99 Å². The summed E-state index contributed by atoms with van der Waals surface area (Å²) in [6, 6.07) is 9.91. The third-order valence-electron chi connectivity index (χ3n) is 3.35. The van der Waals surface area contributed by atoms with Crippen molar-refractivity contribution < 1.29 is 14.5 Å². The highest BCUT2D eigenvalue weighted by Gasteiger charge is 2.28. The van der Waals surface area contributed by atoms with Crippen LogP contribution in [0.25, 0.3) is 0 Å². The number of benzene rings is 1. The van der Waals surface area contributed by atoms with Gasteiger partial charge < -0.3 is 22.7 Å². The highest BCUT2D eigenvalue weighted by molar-refractivity contribution is 9.10. The van der Waals surface area contributed by atoms with Crippen LogP contribution in [0.4, 0.5) is 0 Å². The molecule has 0 spiro atoms. The van der Waals surface area contributed by atoms with Gasteiger partial charge >= 0.3 is 0 Å². The number of carbonyl (C=O) groups excluding carboxylic acids is 1. The van der Waals surface area contributed by atoms with E-state index in [1.54, 1.807) is 47.3 Å². The van der Waals surface area contributed by atoms with E-state index in [9.17, 15) is 9.90 Å². The van der Waals surface area contributed by atoms with Gasteiger partial charge in [-0.2, -0.15) is 4.57 Å². The van der Waals surface area contributed by atoms with E-state index in [1.165, 1.54) is 0 Å². The summed E-state index contributed by atoms with van der Waals surface area (Å²) in [7, 11) is 0. The second-order valence-electron chi connectivity index (χ2n) is 5.06. The lowest BCUT2D eigenvalue weighted by atomic mass is 10.0. The second-order valence-corrected chi connectivity index (χ2v) is 6.39. The number of aliphatic hydroxyl groups excluding tert-OH is 1. The first-order valence-electron chi connectivity index (χ1n) is 7.29. The SMILES string of the molecule is C=CCN=C([S-])C(C(=O)c1ccc(Br)cc1)[n+]1cccc(CO)c1. The molecule has 0 radical (unpaired) electrons. The molecule has 0 bridgehead atoms. The molecule has 0 saturated heterocycles. The molecule has 0 amide bonds. The van der Waals surface area contributed by atoms with Gasteiger partial charge in [0, 0.05) is 21.7 Å². The molecule has 0 aliphatic heterocycles. The summed E-state index contributed by atoms with van der Waals surface area (Å²) < 4.78 is 2.58. The highest BCUT2D eigenvalue weighted by atomic mass is 79.9. The molecule has 1 unspecified atom stereocenters. The van der Waals surface area contributed by atoms with Gasteiger partial charge in [0.05, 0.1) is 13.2 Å². The van der Waals surface area contributed by atoms with E-state index in [1.807, 2.05) is 12.1 Å². The van der Waals surface area contributed by atoms with Gasteiger partial charge in [-0.25, -0.2) is 0 Å². The summed E-state index contributed by atoms with van der Waals surface area (Å²) in [4.78, 5) is 17.2. The minimum Gasteiger partial charge on any atom is -0.758 e. The molecule has 1 N–H and O–H groups in total. The lowest BCUT2D eigenvalue weighted by molar-refractivity contribution is -0.692. The Bertz CT molecular complexity index is 760. The normalized spacial score (nSPS) is 12.7. The molecule has 4 nitrogen and oxygen atoms in total. The largest absolute Gasteiger partial charge is 0.758 e. The number of hydrogen-bond acceptors (Lipinski definition) is 4. The summed E-state index contributed by atoms with van der Waals surface area (Å²) in [5, 5.41) is 9.62. The van der Waals surface area contributed by atoms with Crippen molar-refractivity contribution in [1.82, 2.24) is 0 Å². The Morgan fingerprint density at radius 1 is 1.38 bits per heavy atom. The van der Waals surface area contributed by atoms with Crippen LogP contribution in [0.15, 0.2) is 70.9 Å². The molecule has 124 valence electrons. The van der Waals surface area contributed by atoms with Gasteiger partial charge in [-0.1, -0.05) is 34.1 Å². The van der Waals surface area contributed by atoms with Crippen molar-refractivity contribution in [3.8, 4) is 0 Å². The van der Waals surface area contributed by atoms with Crippen LogP contribution in [0.3, 0.4) is 0 Å². The van der Waals surface area contributed by atoms with Crippen LogP contribution in [0.1, 0.15) is 22.0 Å². The average Bonchev–Trinajstić information content (AvgIpc) is 2.60. The number of rotatable bonds is 7. The number of nitrogens with zero attached hydrogens (tertiary/aromatic N) is 2. The minimum absolute atomic E-state index is 0.114. The maximum absolute atomic E-state index is 13.0. The number of carbonyl (C=O) groups is 1. The molecule has 0 aliphatic rings. The smallest absolute Gasteiger partial charge is 0.237 e. The van der Waals surface area contributed by atoms with Crippen molar-refractivity contribution in [3.05, 3.63) is 77.0 Å². The molecule has 2 aromatic rings. The number of aliphatic imine (C=N–C) groups is 1. The first kappa shape index (κ1) is 18.4. The van der Waals surface area contributed by atoms with Gasteiger partial charge in [-0.3, -0.25) is 4.79 Å². The summed E-state index contributed by atoms with van der Waals surface area (Å²) in [5.41, 5.74) is 1.24. The fourth-order valence-electron chi connectivity index (χ4n) is 2.19. The van der Waals surface area contributed by atoms with Gasteiger partial charge in [0.25, 0.3) is 0 Å². The fourth-order valence-corrected chi connectivity index (χ4v) is 2.75. The quantitative estimate of drug-likeness (QED) is 0.193. The summed E-state index contributed by atoms with van der Waals surface area (Å²) in [6.45, 7) is 3.86. The van der Waals surface area contributed by atoms with Crippen molar-refractivity contribution in [1.29, 1.82) is 0 Å². The van der Waals surface area contributed by atoms with Gasteiger partial charge in [0.1, 0.15) is 0 Å². The Morgan fingerprint density at radius 2 is 2.08 bits per heavy atom. The number of pyridine rings is 1. The number of aromatic nitrogens is 1. The Balaban J connectivity index is 2.47. The van der Waals surface area contributed by atoms with E-state index in [0.29, 0.717) is 17.7 Å². The van der Waals surface area contributed by atoms with Gasteiger partial charge in [0.15, 0.2) is 12.4 Å². The number of halogens is 1. The van der Waals surface area contributed by atoms with Gasteiger partial charge in [0.2, 0.25) is 11.8 Å². The molecule has 0 aliphatic carbocycles. The summed E-state index contributed by atoms with van der Waals surface area (Å²) >= 11 is 8.74. The molecule has 1 heterocycles. The zero-order valence-electron chi connectivity index (χ0n) is 12.9. The summed E-state index contributed by atoms with van der Waals surface area (Å²) in [6.07, 6.45) is 5.08. The first-order valence-corrected chi connectivity index (χ1v) is 8.49. The van der Waals surface area contributed by atoms with Crippen LogP contribution in [0.5, 0.6) is 0 Å². The maximum Gasteiger partial charge on any atom is 0.237 e. The Morgan fingerprint density at radius 3 is 2.71 bits per heavy atom. The third kappa shape index (κ3) is 4.56. The van der Waals surface area contributed by atoms with E-state index in [2.05, 4.69) is 27.5 Å². The maximum atomic E-state index is 13.0. The number of aliphatic hydroxyl groups is 1. The van der Waals surface area contributed by atoms with Crippen molar-refractivity contribution in [2.45, 2.75) is 12.6 Å². The zero-order valence-corrected chi connectivity index (χ0v) is 15.3. The van der Waals surface area contributed by atoms with Crippen molar-refractivity contribution >= 4 is 39.4 Å². The standard InChI is InChI=1S/C18H17BrN2O2S/c1-2-9-20-18(24)16(21-10-3-4-13(11-21)12-22)17(23)14-5-7-15(19)8-6-14/h2-8,10-11,16,22H,1,9,12H2. The zero-order chi connectivity index (χ0) is 17.5. The van der Waals surface area contributed by atoms with Crippen LogP contribution in [0.2, 0.25) is 0 Å². The van der Waals surface area contributed by atoms with Crippen LogP contribution in [-0.2, 0) is 19.2 Å². The number of Topliss-reactive ketones (excluding diaryl/α,β-unsaturated/α-hetero) is 1. The van der Waals surface area contributed by atoms with Gasteiger partial charge in [-0.05, 0) is 23.2 Å².